The van der Waals surface area contributed by atoms with E-state index >= 15 is 0 Å². The van der Waals surface area contributed by atoms with Crippen LogP contribution >= 0.6 is 34.7 Å². The fourth-order valence-electron chi connectivity index (χ4n) is 2.20. The molecule has 0 aliphatic carbocycles. The summed E-state index contributed by atoms with van der Waals surface area (Å²) in [5, 5.41) is 13.3. The van der Waals surface area contributed by atoms with Gasteiger partial charge in [-0.15, -0.1) is 11.3 Å². The highest BCUT2D eigenvalue weighted by Gasteiger charge is 2.11. The summed E-state index contributed by atoms with van der Waals surface area (Å²) in [6.45, 7) is 9.41. The Labute approximate surface area is 207 Å². The van der Waals surface area contributed by atoms with Gasteiger partial charge >= 0.3 is 0 Å². The highest BCUT2D eigenvalue weighted by molar-refractivity contribution is 8.02. The minimum absolute atomic E-state index is 0.460. The Morgan fingerprint density at radius 3 is 2.38 bits per heavy atom. The minimum Gasteiger partial charge on any atom is -0.320 e. The predicted molar refractivity (Wildman–Crippen MR) is 146 cm³/mol. The van der Waals surface area contributed by atoms with Gasteiger partial charge < -0.3 is 5.32 Å². The molecular formula is C26H35ClN2OS2. The number of nitrogens with one attached hydrogen (secondary N) is 2. The maximum atomic E-state index is 10.9. The van der Waals surface area contributed by atoms with Crippen molar-refractivity contribution in [3.05, 3.63) is 86.5 Å². The van der Waals surface area contributed by atoms with Crippen LogP contribution in [0, 0.1) is 5.41 Å². The van der Waals surface area contributed by atoms with E-state index < -0.39 is 0 Å². The lowest BCUT2D eigenvalue weighted by atomic mass is 10.1. The van der Waals surface area contributed by atoms with Crippen LogP contribution in [0.25, 0.3) is 0 Å². The molecule has 2 aromatic rings. The van der Waals surface area contributed by atoms with E-state index in [4.69, 9.17) is 17.0 Å². The van der Waals surface area contributed by atoms with Gasteiger partial charge in [-0.2, -0.15) is 0 Å². The number of carbonyl (C=O) groups is 1. The van der Waals surface area contributed by atoms with Crippen LogP contribution in [0.15, 0.2) is 76.6 Å². The molecule has 2 rings (SSSR count). The van der Waals surface area contributed by atoms with Crippen LogP contribution in [-0.4, -0.2) is 25.6 Å². The first-order chi connectivity index (χ1) is 15.5. The molecule has 1 aromatic carbocycles. The van der Waals surface area contributed by atoms with Gasteiger partial charge in [-0.1, -0.05) is 93.1 Å². The van der Waals surface area contributed by atoms with E-state index in [1.165, 1.54) is 35.9 Å². The van der Waals surface area contributed by atoms with Crippen LogP contribution in [0.3, 0.4) is 0 Å². The Morgan fingerprint density at radius 2 is 1.88 bits per heavy atom. The van der Waals surface area contributed by atoms with Gasteiger partial charge in [-0.05, 0) is 50.5 Å². The zero-order valence-electron chi connectivity index (χ0n) is 19.7. The molecular weight excluding hydrogens is 456 g/mol. The van der Waals surface area contributed by atoms with Crippen molar-refractivity contribution in [3.63, 3.8) is 0 Å². The number of halogens is 1. The zero-order chi connectivity index (χ0) is 24.2. The molecule has 0 aliphatic rings. The number of carbonyl (C=O) groups excluding carboxylic acids is 1. The first kappa shape index (κ1) is 30.1. The fourth-order valence-corrected chi connectivity index (χ4v) is 3.96. The maximum Gasteiger partial charge on any atom is 0.150 e. The minimum atomic E-state index is 0.460. The highest BCUT2D eigenvalue weighted by Crippen LogP contribution is 2.29. The number of hydrogen-bond acceptors (Lipinski definition) is 5. The van der Waals surface area contributed by atoms with Gasteiger partial charge in [0.15, 0.2) is 0 Å². The number of rotatable bonds is 9. The van der Waals surface area contributed by atoms with Crippen molar-refractivity contribution < 1.29 is 4.79 Å². The summed E-state index contributed by atoms with van der Waals surface area (Å²) in [7, 11) is 1.96. The van der Waals surface area contributed by atoms with Crippen molar-refractivity contribution in [3.8, 4) is 0 Å². The van der Waals surface area contributed by atoms with Crippen LogP contribution in [0.5, 0.6) is 0 Å². The Morgan fingerprint density at radius 1 is 1.19 bits per heavy atom. The van der Waals surface area contributed by atoms with Crippen molar-refractivity contribution in [1.82, 2.24) is 5.32 Å². The van der Waals surface area contributed by atoms with Gasteiger partial charge in [0, 0.05) is 16.0 Å². The Kier molecular flexibility index (Phi) is 18.6. The van der Waals surface area contributed by atoms with Crippen LogP contribution < -0.4 is 5.32 Å². The number of thioether (sulfide) groups is 1. The molecule has 0 saturated heterocycles. The lowest BCUT2D eigenvalue weighted by Crippen LogP contribution is -2.04. The van der Waals surface area contributed by atoms with Gasteiger partial charge in [0.25, 0.3) is 0 Å². The van der Waals surface area contributed by atoms with E-state index in [9.17, 15) is 4.79 Å². The predicted octanol–water partition coefficient (Wildman–Crippen LogP) is 8.16. The third-order valence-electron chi connectivity index (χ3n) is 3.53. The number of thiophene rings is 1. The second-order valence-electron chi connectivity index (χ2n) is 6.52. The summed E-state index contributed by atoms with van der Waals surface area (Å²) in [4.78, 5) is 12.7. The lowest BCUT2D eigenvalue weighted by Gasteiger charge is -2.07. The topological polar surface area (TPSA) is 53.0 Å². The molecule has 1 heterocycles. The Hall–Kier alpha value is -1.92. The Balaban J connectivity index is 0.00000104. The highest BCUT2D eigenvalue weighted by atomic mass is 35.5. The molecule has 0 atom stereocenters. The van der Waals surface area contributed by atoms with Crippen LogP contribution in [0.4, 0.5) is 0 Å². The fraction of sp³-hybridized carbons (Fsp3) is 0.308. The zero-order valence-corrected chi connectivity index (χ0v) is 22.0. The lowest BCUT2D eigenvalue weighted by molar-refractivity contribution is -0.104. The monoisotopic (exact) mass is 490 g/mol. The summed E-state index contributed by atoms with van der Waals surface area (Å²) in [5.74, 6) is 0. The van der Waals surface area contributed by atoms with Crippen molar-refractivity contribution in [2.24, 2.45) is 0 Å². The van der Waals surface area contributed by atoms with E-state index in [1.54, 1.807) is 18.2 Å². The van der Waals surface area contributed by atoms with Gasteiger partial charge in [-0.25, -0.2) is 0 Å². The molecule has 0 unspecified atom stereocenters. The van der Waals surface area contributed by atoms with E-state index in [1.807, 2.05) is 61.9 Å². The van der Waals surface area contributed by atoms with Crippen LogP contribution in [-0.2, 0) is 4.79 Å². The summed E-state index contributed by atoms with van der Waals surface area (Å²) in [6.07, 6.45) is 10.5. The molecule has 32 heavy (non-hydrogen) atoms. The molecule has 0 radical (unpaired) electrons. The smallest absolute Gasteiger partial charge is 0.150 e. The van der Waals surface area contributed by atoms with E-state index in [-0.39, 0.29) is 0 Å². The van der Waals surface area contributed by atoms with Crippen molar-refractivity contribution >= 4 is 46.7 Å². The van der Waals surface area contributed by atoms with E-state index in [2.05, 4.69) is 26.1 Å². The molecule has 2 N–H and O–H groups in total. The third-order valence-corrected chi connectivity index (χ3v) is 5.69. The van der Waals surface area contributed by atoms with Crippen molar-refractivity contribution in [1.29, 1.82) is 5.41 Å². The summed E-state index contributed by atoms with van der Waals surface area (Å²) >= 11 is 8.88. The molecule has 0 spiro atoms. The molecule has 0 bridgehead atoms. The average Bonchev–Trinajstić information content (AvgIpc) is 3.23. The molecule has 0 saturated carbocycles. The second kappa shape index (κ2) is 19.7. The first-order valence-corrected chi connectivity index (χ1v) is 12.8. The maximum absolute atomic E-state index is 10.9. The standard InChI is InChI=1S/C19H16ClNOS2.C4H11N.C3H8/c1-2-6-14(13-22)7-5-12-23-16-9-4-3-8-15(16)19(21)17-10-11-18(20)24-17;1-3-4-5-2;1-3-2/h2-13,21H,1H3;5H,3-4H2,1-2H3;3H2,1-2H3/b6-2-,12-5+,14-7+,21-19?;;. The molecule has 174 valence electrons. The van der Waals surface area contributed by atoms with Crippen LogP contribution in [0.2, 0.25) is 4.34 Å². The first-order valence-electron chi connectivity index (χ1n) is 10.7. The molecule has 1 aromatic heterocycles. The van der Waals surface area contributed by atoms with Crippen LogP contribution in [0.1, 0.15) is 51.0 Å². The quantitative estimate of drug-likeness (QED) is 0.122. The summed E-state index contributed by atoms with van der Waals surface area (Å²) in [6, 6.07) is 11.4. The van der Waals surface area contributed by atoms with Crippen molar-refractivity contribution in [2.75, 3.05) is 13.6 Å². The Bertz CT molecular complexity index is 883. The van der Waals surface area contributed by atoms with Gasteiger partial charge in [0.05, 0.1) is 14.9 Å². The van der Waals surface area contributed by atoms with Gasteiger partial charge in [0.1, 0.15) is 6.29 Å². The number of allylic oxidation sites excluding steroid dienone is 5. The molecule has 3 nitrogen and oxygen atoms in total. The summed E-state index contributed by atoms with van der Waals surface area (Å²) in [5.41, 5.74) is 1.93. The van der Waals surface area contributed by atoms with E-state index in [0.29, 0.717) is 15.6 Å². The molecule has 0 amide bonds. The third kappa shape index (κ3) is 12.8. The average molecular weight is 491 g/mol. The van der Waals surface area contributed by atoms with Gasteiger partial charge in [-0.3, -0.25) is 10.2 Å². The number of aldehydes is 1. The summed E-state index contributed by atoms with van der Waals surface area (Å²) < 4.78 is 0.676. The molecule has 6 heteroatoms. The molecule has 0 fully saturated rings. The largest absolute Gasteiger partial charge is 0.320 e. The number of benzene rings is 1. The van der Waals surface area contributed by atoms with Gasteiger partial charge in [0.2, 0.25) is 0 Å². The van der Waals surface area contributed by atoms with Crippen molar-refractivity contribution in [2.45, 2.75) is 45.4 Å². The van der Waals surface area contributed by atoms with E-state index in [0.717, 1.165) is 28.2 Å². The SMILES string of the molecule is CCC.CCCNC.C\C=C/C(C=O)=C\C=C\Sc1ccccc1C(=N)c1ccc(Cl)s1. The normalized spacial score (nSPS) is 11.0. The molecule has 0 aliphatic heterocycles. The second-order valence-corrected chi connectivity index (χ2v) is 9.18. The number of hydrogen-bond donors (Lipinski definition) is 2.